The molecule has 2 heterocycles. The van der Waals surface area contributed by atoms with Crippen LogP contribution in [0.15, 0.2) is 63.8 Å². The number of hydrogen-bond acceptors (Lipinski definition) is 7. The highest BCUT2D eigenvalue weighted by atomic mass is 32.2. The predicted octanol–water partition coefficient (Wildman–Crippen LogP) is 3.81. The van der Waals surface area contributed by atoms with E-state index in [-0.39, 0.29) is 10.8 Å². The number of hydrogen-bond donors (Lipinski definition) is 1. The van der Waals surface area contributed by atoms with Crippen molar-refractivity contribution in [3.8, 4) is 11.3 Å². The number of benzene rings is 2. The maximum absolute atomic E-state index is 12.8. The predicted molar refractivity (Wildman–Crippen MR) is 123 cm³/mol. The molecule has 1 saturated heterocycles. The number of amides is 1. The fraction of sp³-hybridized carbons (Fsp3) is 0.238. The third kappa shape index (κ3) is 4.83. The Bertz CT molecular complexity index is 1160. The van der Waals surface area contributed by atoms with E-state index in [2.05, 4.69) is 10.3 Å². The lowest BCUT2D eigenvalue weighted by atomic mass is 10.1. The number of sulfonamides is 1. The number of thioether (sulfide) groups is 1. The van der Waals surface area contributed by atoms with Gasteiger partial charge in [-0.25, -0.2) is 13.4 Å². The van der Waals surface area contributed by atoms with Crippen LogP contribution in [0, 0.1) is 0 Å². The normalized spacial score (nSPS) is 15.0. The van der Waals surface area contributed by atoms with Crippen molar-refractivity contribution in [2.75, 3.05) is 37.9 Å². The molecule has 10 heteroatoms. The van der Waals surface area contributed by atoms with E-state index >= 15 is 0 Å². The van der Waals surface area contributed by atoms with Crippen molar-refractivity contribution in [1.82, 2.24) is 9.29 Å². The number of ether oxygens (including phenoxy) is 1. The summed E-state index contributed by atoms with van der Waals surface area (Å²) in [4.78, 5) is 17.6. The van der Waals surface area contributed by atoms with Crippen LogP contribution >= 0.6 is 23.1 Å². The van der Waals surface area contributed by atoms with E-state index in [1.54, 1.807) is 0 Å². The van der Waals surface area contributed by atoms with Crippen LogP contribution in [-0.2, 0) is 14.8 Å². The van der Waals surface area contributed by atoms with Gasteiger partial charge in [-0.2, -0.15) is 4.31 Å². The van der Waals surface area contributed by atoms with E-state index in [0.717, 1.165) is 15.6 Å². The second-order valence-electron chi connectivity index (χ2n) is 6.72. The fourth-order valence-corrected chi connectivity index (χ4v) is 6.04. The molecule has 162 valence electrons. The first kappa shape index (κ1) is 22.0. The Balaban J connectivity index is 1.54. The molecule has 4 rings (SSSR count). The number of carbonyl (C=O) groups excluding carboxylic acids is 1. The van der Waals surface area contributed by atoms with Crippen LogP contribution in [0.3, 0.4) is 0 Å². The summed E-state index contributed by atoms with van der Waals surface area (Å²) in [6.07, 6.45) is 1.94. The number of rotatable bonds is 6. The van der Waals surface area contributed by atoms with Crippen molar-refractivity contribution in [3.63, 3.8) is 0 Å². The van der Waals surface area contributed by atoms with Gasteiger partial charge in [0.15, 0.2) is 4.34 Å². The molecule has 3 aromatic rings. The van der Waals surface area contributed by atoms with Gasteiger partial charge in [0, 0.05) is 24.2 Å². The molecule has 1 fully saturated rings. The largest absolute Gasteiger partial charge is 0.379 e. The van der Waals surface area contributed by atoms with Crippen molar-refractivity contribution in [2.24, 2.45) is 0 Å². The molecule has 0 radical (unpaired) electrons. The van der Waals surface area contributed by atoms with Crippen LogP contribution in [0.4, 0.5) is 5.00 Å². The zero-order valence-electron chi connectivity index (χ0n) is 16.8. The molecule has 1 amide bonds. The molecule has 0 unspecified atom stereocenters. The Labute approximate surface area is 189 Å². The van der Waals surface area contributed by atoms with Gasteiger partial charge in [-0.3, -0.25) is 4.79 Å². The average molecular weight is 476 g/mol. The van der Waals surface area contributed by atoms with E-state index in [0.29, 0.717) is 36.9 Å². The smallest absolute Gasteiger partial charge is 0.256 e. The highest BCUT2D eigenvalue weighted by Gasteiger charge is 2.26. The van der Waals surface area contributed by atoms with Crippen LogP contribution in [0.25, 0.3) is 11.3 Å². The van der Waals surface area contributed by atoms with Crippen LogP contribution in [0.2, 0.25) is 0 Å². The molecule has 7 nitrogen and oxygen atoms in total. The molecule has 1 aliphatic heterocycles. The SMILES string of the molecule is CSc1nc(-c2ccccc2)c(NC(=O)c2ccc(S(=O)(=O)N3CCOCC3)cc2)s1. The lowest BCUT2D eigenvalue weighted by molar-refractivity contribution is 0.0730. The van der Waals surface area contributed by atoms with Crippen LogP contribution in [0.1, 0.15) is 10.4 Å². The molecular formula is C21H21N3O4S3. The number of anilines is 1. The fourth-order valence-electron chi connectivity index (χ4n) is 3.15. The van der Waals surface area contributed by atoms with E-state index in [1.807, 2.05) is 36.6 Å². The number of carbonyl (C=O) groups is 1. The summed E-state index contributed by atoms with van der Waals surface area (Å²) < 4.78 is 33.0. The van der Waals surface area contributed by atoms with Gasteiger partial charge in [0.25, 0.3) is 5.91 Å². The zero-order valence-corrected chi connectivity index (χ0v) is 19.2. The Morgan fingerprint density at radius 2 is 1.77 bits per heavy atom. The molecule has 0 saturated carbocycles. The summed E-state index contributed by atoms with van der Waals surface area (Å²) in [5, 5.41) is 3.59. The summed E-state index contributed by atoms with van der Waals surface area (Å²) in [6.45, 7) is 1.43. The number of nitrogens with zero attached hydrogens (tertiary/aromatic N) is 2. The molecular weight excluding hydrogens is 454 g/mol. The van der Waals surface area contributed by atoms with Crippen molar-refractivity contribution in [2.45, 2.75) is 9.24 Å². The maximum atomic E-state index is 12.8. The molecule has 0 aliphatic carbocycles. The van der Waals surface area contributed by atoms with E-state index < -0.39 is 10.0 Å². The molecule has 0 bridgehead atoms. The molecule has 1 aromatic heterocycles. The van der Waals surface area contributed by atoms with E-state index in [1.165, 1.54) is 51.7 Å². The first-order chi connectivity index (χ1) is 15.0. The minimum absolute atomic E-state index is 0.165. The number of morpholine rings is 1. The first-order valence-corrected chi connectivity index (χ1v) is 13.1. The Hall–Kier alpha value is -2.24. The average Bonchev–Trinajstić information content (AvgIpc) is 3.23. The Kier molecular flexibility index (Phi) is 6.73. The first-order valence-electron chi connectivity index (χ1n) is 9.58. The zero-order chi connectivity index (χ0) is 21.8. The highest BCUT2D eigenvalue weighted by molar-refractivity contribution is 8.00. The van der Waals surface area contributed by atoms with Gasteiger partial charge in [0.05, 0.1) is 18.1 Å². The molecule has 31 heavy (non-hydrogen) atoms. The van der Waals surface area contributed by atoms with Gasteiger partial charge in [-0.1, -0.05) is 53.4 Å². The second kappa shape index (κ2) is 9.49. The monoisotopic (exact) mass is 475 g/mol. The molecule has 0 spiro atoms. The molecule has 1 aliphatic rings. The summed E-state index contributed by atoms with van der Waals surface area (Å²) in [5.41, 5.74) is 2.01. The van der Waals surface area contributed by atoms with Gasteiger partial charge in [0.1, 0.15) is 10.7 Å². The third-order valence-electron chi connectivity index (χ3n) is 4.78. The summed E-state index contributed by atoms with van der Waals surface area (Å²) in [6, 6.07) is 15.7. The Morgan fingerprint density at radius 1 is 1.10 bits per heavy atom. The second-order valence-corrected chi connectivity index (χ2v) is 10.7. The number of nitrogens with one attached hydrogen (secondary N) is 1. The van der Waals surface area contributed by atoms with Crippen LogP contribution in [-0.4, -0.2) is 56.2 Å². The van der Waals surface area contributed by atoms with Gasteiger partial charge < -0.3 is 10.1 Å². The summed E-state index contributed by atoms with van der Waals surface area (Å²) in [5.74, 6) is -0.316. The molecule has 0 atom stereocenters. The lowest BCUT2D eigenvalue weighted by Gasteiger charge is -2.26. The van der Waals surface area contributed by atoms with Gasteiger partial charge >= 0.3 is 0 Å². The highest BCUT2D eigenvalue weighted by Crippen LogP contribution is 2.37. The van der Waals surface area contributed by atoms with Crippen molar-refractivity contribution in [1.29, 1.82) is 0 Å². The van der Waals surface area contributed by atoms with Crippen molar-refractivity contribution < 1.29 is 17.9 Å². The summed E-state index contributed by atoms with van der Waals surface area (Å²) in [7, 11) is -3.60. The van der Waals surface area contributed by atoms with Crippen molar-refractivity contribution in [3.05, 3.63) is 60.2 Å². The van der Waals surface area contributed by atoms with Gasteiger partial charge in [-0.05, 0) is 30.5 Å². The lowest BCUT2D eigenvalue weighted by Crippen LogP contribution is -2.40. The Morgan fingerprint density at radius 3 is 2.42 bits per heavy atom. The maximum Gasteiger partial charge on any atom is 0.256 e. The van der Waals surface area contributed by atoms with Gasteiger partial charge in [0.2, 0.25) is 10.0 Å². The van der Waals surface area contributed by atoms with Crippen LogP contribution in [0.5, 0.6) is 0 Å². The summed E-state index contributed by atoms with van der Waals surface area (Å²) >= 11 is 2.92. The molecule has 2 aromatic carbocycles. The standard InChI is InChI=1S/C21H21N3O4S3/c1-29-21-22-18(15-5-3-2-4-6-15)20(30-21)23-19(25)16-7-9-17(10-8-16)31(26,27)24-11-13-28-14-12-24/h2-10H,11-14H2,1H3,(H,23,25). The van der Waals surface area contributed by atoms with Crippen LogP contribution < -0.4 is 5.32 Å². The minimum atomic E-state index is -3.60. The topological polar surface area (TPSA) is 88.6 Å². The quantitative estimate of drug-likeness (QED) is 0.546. The minimum Gasteiger partial charge on any atom is -0.379 e. The van der Waals surface area contributed by atoms with Crippen molar-refractivity contribution >= 4 is 44.0 Å². The molecule has 1 N–H and O–H groups in total. The van der Waals surface area contributed by atoms with Gasteiger partial charge in [-0.15, -0.1) is 0 Å². The number of thiazole rings is 1. The van der Waals surface area contributed by atoms with E-state index in [9.17, 15) is 13.2 Å². The third-order valence-corrected chi connectivity index (χ3v) is 8.65. The van der Waals surface area contributed by atoms with E-state index in [4.69, 9.17) is 4.74 Å². The number of aromatic nitrogens is 1.